The van der Waals surface area contributed by atoms with Gasteiger partial charge in [-0.2, -0.15) is 0 Å². The second-order valence-electron chi connectivity index (χ2n) is 14.4. The minimum Gasteiger partial charge on any atom is -0.455 e. The Hall–Kier alpha value is -6.96. The molecule has 0 aliphatic heterocycles. The summed E-state index contributed by atoms with van der Waals surface area (Å²) < 4.78 is 6.70. The molecule has 252 valence electrons. The molecule has 1 aliphatic rings. The fourth-order valence-electron chi connectivity index (χ4n) is 9.04. The molecular weight excluding hydrogens is 653 g/mol. The molecule has 0 fully saturated rings. The number of hydrogen-bond acceptors (Lipinski definition) is 1. The topological polar surface area (TPSA) is 13.1 Å². The molecule has 0 atom stereocenters. The Morgan fingerprint density at radius 1 is 0.426 bits per heavy atom. The summed E-state index contributed by atoms with van der Waals surface area (Å²) in [6.45, 7) is 4.68. The molecule has 10 aromatic rings. The maximum Gasteiger partial charge on any atom is 0.143 e. The number of rotatable bonds is 2. The van der Waals surface area contributed by atoms with Crippen LogP contribution in [0.2, 0.25) is 0 Å². The van der Waals surface area contributed by atoms with E-state index in [0.717, 1.165) is 50.5 Å². The number of allylic oxidation sites excluding steroid dienone is 5. The molecule has 1 heteroatoms. The number of hydrogen-bond donors (Lipinski definition) is 0. The highest BCUT2D eigenvalue weighted by atomic mass is 16.3. The van der Waals surface area contributed by atoms with Gasteiger partial charge in [0, 0.05) is 16.2 Å². The standard InChI is InChI=1S/C53H34O/c1-33-15-3-2-4-16-36(34-27-29-44-40-20-6-5-18-38(40)39-19-7-8-23-43(39)48(44)31-34)37-17-9-12-24-45(37)51(33)35-28-30-50-49(32-35)52-46-25-13-10-21-41(46)42-22-11-14-26-47(42)53(52)54-50/h2-15,17-32H,1,16H2/b4-2-,15-3-,37-36+,51-45+. The van der Waals surface area contributed by atoms with Crippen LogP contribution in [0.25, 0.3) is 86.9 Å². The number of benzene rings is 9. The predicted octanol–water partition coefficient (Wildman–Crippen LogP) is 12.8. The zero-order chi connectivity index (χ0) is 35.8. The maximum atomic E-state index is 6.70. The molecule has 1 aliphatic carbocycles. The van der Waals surface area contributed by atoms with Crippen LogP contribution in [0.4, 0.5) is 0 Å². The monoisotopic (exact) mass is 686 g/mol. The Morgan fingerprint density at radius 3 is 1.65 bits per heavy atom. The van der Waals surface area contributed by atoms with Gasteiger partial charge in [0.2, 0.25) is 0 Å². The molecule has 0 saturated heterocycles. The summed E-state index contributed by atoms with van der Waals surface area (Å²) in [5.74, 6) is 0. The lowest BCUT2D eigenvalue weighted by Gasteiger charge is -2.15. The largest absolute Gasteiger partial charge is 0.455 e. The van der Waals surface area contributed by atoms with Crippen LogP contribution in [0.3, 0.4) is 0 Å². The highest BCUT2D eigenvalue weighted by molar-refractivity contribution is 6.30. The molecule has 0 N–H and O–H groups in total. The Balaban J connectivity index is 1.23. The van der Waals surface area contributed by atoms with Crippen molar-refractivity contribution in [2.24, 2.45) is 0 Å². The normalized spacial score (nSPS) is 16.9. The van der Waals surface area contributed by atoms with E-state index in [0.29, 0.717) is 0 Å². The molecular formula is C53H34O. The molecule has 0 spiro atoms. The van der Waals surface area contributed by atoms with Crippen molar-refractivity contribution in [2.75, 3.05) is 0 Å². The first kappa shape index (κ1) is 30.6. The Labute approximate surface area is 312 Å². The maximum absolute atomic E-state index is 6.70. The minimum atomic E-state index is 0.794. The molecule has 1 aromatic heterocycles. The SMILES string of the molecule is C=C1/C=C\C=C/C/C(c2ccc3c4ccccc4c4ccccc4c3c2)=c2/cccc/c2=C/1c1ccc2oc3c4ccccc4c4ccccc4c3c2c1. The van der Waals surface area contributed by atoms with Crippen molar-refractivity contribution in [3.05, 3.63) is 216 Å². The van der Waals surface area contributed by atoms with Crippen molar-refractivity contribution in [1.82, 2.24) is 0 Å². The fourth-order valence-corrected chi connectivity index (χ4v) is 9.04. The van der Waals surface area contributed by atoms with Crippen LogP contribution in [0, 0.1) is 0 Å². The van der Waals surface area contributed by atoms with Crippen LogP contribution in [0.15, 0.2) is 199 Å². The van der Waals surface area contributed by atoms with Crippen molar-refractivity contribution < 1.29 is 4.42 Å². The van der Waals surface area contributed by atoms with Crippen molar-refractivity contribution in [3.8, 4) is 0 Å². The summed E-state index contributed by atoms with van der Waals surface area (Å²) >= 11 is 0. The molecule has 0 bridgehead atoms. The molecule has 9 aromatic carbocycles. The van der Waals surface area contributed by atoms with Crippen LogP contribution in [-0.2, 0) is 0 Å². The van der Waals surface area contributed by atoms with Gasteiger partial charge in [-0.1, -0.05) is 170 Å². The Morgan fingerprint density at radius 2 is 0.944 bits per heavy atom. The summed E-state index contributed by atoms with van der Waals surface area (Å²) in [7, 11) is 0. The molecule has 0 radical (unpaired) electrons. The van der Waals surface area contributed by atoms with E-state index in [4.69, 9.17) is 4.42 Å². The van der Waals surface area contributed by atoms with Crippen LogP contribution >= 0.6 is 0 Å². The summed E-state index contributed by atoms with van der Waals surface area (Å²) in [5.41, 5.74) is 7.53. The molecule has 1 nitrogen and oxygen atoms in total. The van der Waals surface area contributed by atoms with Crippen LogP contribution < -0.4 is 10.4 Å². The van der Waals surface area contributed by atoms with Crippen molar-refractivity contribution in [2.45, 2.75) is 6.42 Å². The quantitative estimate of drug-likeness (QED) is 0.165. The van der Waals surface area contributed by atoms with Crippen molar-refractivity contribution in [3.63, 3.8) is 0 Å². The van der Waals surface area contributed by atoms with Gasteiger partial charge in [0.05, 0.1) is 0 Å². The van der Waals surface area contributed by atoms with Crippen molar-refractivity contribution >= 4 is 86.9 Å². The van der Waals surface area contributed by atoms with E-state index in [-0.39, 0.29) is 0 Å². The number of furan rings is 1. The van der Waals surface area contributed by atoms with Gasteiger partial charge in [-0.25, -0.2) is 0 Å². The van der Waals surface area contributed by atoms with Gasteiger partial charge in [-0.15, -0.1) is 0 Å². The third-order valence-corrected chi connectivity index (χ3v) is 11.4. The average molecular weight is 687 g/mol. The van der Waals surface area contributed by atoms with E-state index in [9.17, 15) is 0 Å². The van der Waals surface area contributed by atoms with Gasteiger partial charge in [0.15, 0.2) is 0 Å². The summed E-state index contributed by atoms with van der Waals surface area (Å²) in [5, 5.41) is 17.1. The Kier molecular flexibility index (Phi) is 6.84. The second-order valence-corrected chi connectivity index (χ2v) is 14.4. The number of fused-ring (bicyclic) bond motifs is 15. The average Bonchev–Trinajstić information content (AvgIpc) is 3.62. The van der Waals surface area contributed by atoms with E-state index in [2.05, 4.69) is 189 Å². The van der Waals surface area contributed by atoms with Gasteiger partial charge >= 0.3 is 0 Å². The fraction of sp³-hybridized carbons (Fsp3) is 0.0189. The minimum absolute atomic E-state index is 0.794. The van der Waals surface area contributed by atoms with Crippen LogP contribution in [0.1, 0.15) is 17.5 Å². The first-order valence-corrected chi connectivity index (χ1v) is 18.7. The lowest BCUT2D eigenvalue weighted by molar-refractivity contribution is 0.673. The third kappa shape index (κ3) is 4.58. The lowest BCUT2D eigenvalue weighted by atomic mass is 9.88. The first-order chi connectivity index (χ1) is 26.7. The van der Waals surface area contributed by atoms with E-state index >= 15 is 0 Å². The van der Waals surface area contributed by atoms with E-state index in [1.807, 2.05) is 0 Å². The first-order valence-electron chi connectivity index (χ1n) is 18.7. The molecule has 1 heterocycles. The molecule has 0 amide bonds. The van der Waals surface area contributed by atoms with Crippen molar-refractivity contribution in [1.29, 1.82) is 0 Å². The highest BCUT2D eigenvalue weighted by Crippen LogP contribution is 2.42. The van der Waals surface area contributed by atoms with Gasteiger partial charge in [-0.3, -0.25) is 0 Å². The third-order valence-electron chi connectivity index (χ3n) is 11.4. The van der Waals surface area contributed by atoms with Crippen LogP contribution in [-0.4, -0.2) is 0 Å². The van der Waals surface area contributed by atoms with E-state index in [1.165, 1.54) is 70.0 Å². The lowest BCUT2D eigenvalue weighted by Crippen LogP contribution is -2.30. The molecule has 0 unspecified atom stereocenters. The van der Waals surface area contributed by atoms with Gasteiger partial charge in [0.1, 0.15) is 11.2 Å². The van der Waals surface area contributed by atoms with Gasteiger partial charge in [-0.05, 0) is 111 Å². The van der Waals surface area contributed by atoms with E-state index < -0.39 is 0 Å². The molecule has 11 rings (SSSR count). The zero-order valence-electron chi connectivity index (χ0n) is 29.6. The molecule has 54 heavy (non-hydrogen) atoms. The summed E-state index contributed by atoms with van der Waals surface area (Å²) in [4.78, 5) is 0. The van der Waals surface area contributed by atoms with E-state index in [1.54, 1.807) is 0 Å². The second kappa shape index (κ2) is 12.0. The van der Waals surface area contributed by atoms with Gasteiger partial charge < -0.3 is 4.42 Å². The highest BCUT2D eigenvalue weighted by Gasteiger charge is 2.18. The van der Waals surface area contributed by atoms with Gasteiger partial charge in [0.25, 0.3) is 0 Å². The Bertz CT molecular complexity index is 3390. The molecule has 0 saturated carbocycles. The summed E-state index contributed by atoms with van der Waals surface area (Å²) in [6, 6.07) is 57.5. The smallest absolute Gasteiger partial charge is 0.143 e. The zero-order valence-corrected chi connectivity index (χ0v) is 29.6. The predicted molar refractivity (Wildman–Crippen MR) is 230 cm³/mol. The summed E-state index contributed by atoms with van der Waals surface area (Å²) in [6.07, 6.45) is 9.48. The van der Waals surface area contributed by atoms with Crippen LogP contribution in [0.5, 0.6) is 0 Å².